The lowest BCUT2D eigenvalue weighted by Gasteiger charge is -2.31. The van der Waals surface area contributed by atoms with Gasteiger partial charge < -0.3 is 20.4 Å². The van der Waals surface area contributed by atoms with Gasteiger partial charge in [0.25, 0.3) is 0 Å². The van der Waals surface area contributed by atoms with Gasteiger partial charge in [0.1, 0.15) is 17.4 Å². The number of nitrogens with two attached hydrogens (primary N) is 1. The third kappa shape index (κ3) is 4.78. The van der Waals surface area contributed by atoms with Gasteiger partial charge in [0.05, 0.1) is 6.04 Å². The van der Waals surface area contributed by atoms with Gasteiger partial charge in [0, 0.05) is 41.5 Å². The number of pyridine rings is 1. The predicted molar refractivity (Wildman–Crippen MR) is 128 cm³/mol. The van der Waals surface area contributed by atoms with Crippen LogP contribution in [0.25, 0.3) is 22.3 Å². The minimum absolute atomic E-state index is 0.0348. The van der Waals surface area contributed by atoms with Gasteiger partial charge in [-0.15, -0.1) is 0 Å². The third-order valence-electron chi connectivity index (χ3n) is 6.38. The maximum absolute atomic E-state index is 13.5. The molecule has 0 bridgehead atoms. The second-order valence-corrected chi connectivity index (χ2v) is 9.19. The lowest BCUT2D eigenvalue weighted by molar-refractivity contribution is -0.138. The molecule has 33 heavy (non-hydrogen) atoms. The zero-order valence-corrected chi connectivity index (χ0v) is 19.5. The third-order valence-corrected chi connectivity index (χ3v) is 6.38. The highest BCUT2D eigenvalue weighted by molar-refractivity contribution is 5.91. The van der Waals surface area contributed by atoms with E-state index in [1.807, 2.05) is 49.1 Å². The number of aromatic nitrogens is 1. The Labute approximate surface area is 194 Å². The molecule has 3 heterocycles. The molecular formula is C26H32N4O3. The van der Waals surface area contributed by atoms with E-state index in [1.165, 1.54) is 0 Å². The first kappa shape index (κ1) is 23.0. The molecule has 3 N–H and O–H groups in total. The second-order valence-electron chi connectivity index (χ2n) is 9.19. The molecule has 7 nitrogen and oxygen atoms in total. The van der Waals surface area contributed by atoms with Crippen molar-refractivity contribution in [3.8, 4) is 11.3 Å². The molecule has 1 fully saturated rings. The first-order chi connectivity index (χ1) is 15.9. The van der Waals surface area contributed by atoms with Crippen molar-refractivity contribution in [2.45, 2.75) is 58.2 Å². The number of furan rings is 1. The van der Waals surface area contributed by atoms with E-state index in [0.29, 0.717) is 13.0 Å². The van der Waals surface area contributed by atoms with E-state index in [2.05, 4.69) is 16.4 Å². The maximum atomic E-state index is 13.5. The van der Waals surface area contributed by atoms with Gasteiger partial charge >= 0.3 is 0 Å². The molecule has 3 aromatic rings. The Balaban J connectivity index is 1.64. The van der Waals surface area contributed by atoms with Crippen molar-refractivity contribution >= 4 is 22.8 Å². The van der Waals surface area contributed by atoms with Gasteiger partial charge in [-0.3, -0.25) is 14.6 Å². The molecule has 1 saturated heterocycles. The molecule has 0 saturated carbocycles. The number of para-hydroxylation sites is 1. The lowest BCUT2D eigenvalue weighted by Crippen LogP contribution is -2.55. The van der Waals surface area contributed by atoms with Crippen LogP contribution in [0, 0.1) is 5.92 Å². The number of amides is 2. The van der Waals surface area contributed by atoms with Gasteiger partial charge in [-0.25, -0.2) is 0 Å². The topological polar surface area (TPSA) is 101 Å². The van der Waals surface area contributed by atoms with Crippen LogP contribution in [0.3, 0.4) is 0 Å². The SMILES string of the molecule is CC(C)C(NC(=O)[C@H](C)N)C(=O)N1CCC[C@H]1Cc1c(-c2ccncc2)oc2ccccc12. The number of rotatable bonds is 7. The molecule has 2 amide bonds. The summed E-state index contributed by atoms with van der Waals surface area (Å²) in [4.78, 5) is 31.8. The van der Waals surface area contributed by atoms with E-state index >= 15 is 0 Å². The summed E-state index contributed by atoms with van der Waals surface area (Å²) in [7, 11) is 0. The molecule has 0 radical (unpaired) electrons. The molecular weight excluding hydrogens is 416 g/mol. The van der Waals surface area contributed by atoms with Crippen molar-refractivity contribution in [1.29, 1.82) is 0 Å². The van der Waals surface area contributed by atoms with E-state index in [4.69, 9.17) is 10.2 Å². The summed E-state index contributed by atoms with van der Waals surface area (Å²) >= 11 is 0. The normalized spacial score (nSPS) is 18.0. The van der Waals surface area contributed by atoms with E-state index < -0.39 is 12.1 Å². The second kappa shape index (κ2) is 9.75. The quantitative estimate of drug-likeness (QED) is 0.576. The summed E-state index contributed by atoms with van der Waals surface area (Å²) < 4.78 is 6.25. The number of fused-ring (bicyclic) bond motifs is 1. The average Bonchev–Trinajstić information content (AvgIpc) is 3.42. The fourth-order valence-corrected chi connectivity index (χ4v) is 4.59. The van der Waals surface area contributed by atoms with E-state index in [1.54, 1.807) is 19.3 Å². The Morgan fingerprint density at radius 2 is 1.91 bits per heavy atom. The van der Waals surface area contributed by atoms with Crippen LogP contribution in [0.4, 0.5) is 0 Å². The fraction of sp³-hybridized carbons (Fsp3) is 0.423. The number of hydrogen-bond acceptors (Lipinski definition) is 5. The molecule has 3 atom stereocenters. The molecule has 1 aromatic carbocycles. The maximum Gasteiger partial charge on any atom is 0.245 e. The molecule has 4 rings (SSSR count). The van der Waals surface area contributed by atoms with Crippen molar-refractivity contribution in [3.63, 3.8) is 0 Å². The standard InChI is InChI=1S/C26H32N4O3/c1-16(2)23(29-25(31)17(3)27)26(32)30-14-6-7-19(30)15-21-20-8-4-5-9-22(20)33-24(21)18-10-12-28-13-11-18/h4-5,8-13,16-17,19,23H,6-7,14-15,27H2,1-3H3,(H,29,31)/t17-,19-,23?/m0/s1. The van der Waals surface area contributed by atoms with Crippen molar-refractivity contribution in [3.05, 3.63) is 54.4 Å². The minimum Gasteiger partial charge on any atom is -0.456 e. The Morgan fingerprint density at radius 3 is 2.61 bits per heavy atom. The van der Waals surface area contributed by atoms with Crippen LogP contribution in [0.2, 0.25) is 0 Å². The number of likely N-dealkylation sites (tertiary alicyclic amines) is 1. The summed E-state index contributed by atoms with van der Waals surface area (Å²) in [6, 6.07) is 10.7. The number of benzene rings is 1. The summed E-state index contributed by atoms with van der Waals surface area (Å²) in [6.07, 6.45) is 6.04. The predicted octanol–water partition coefficient (Wildman–Crippen LogP) is 3.52. The van der Waals surface area contributed by atoms with Gasteiger partial charge in [0.2, 0.25) is 11.8 Å². The number of nitrogens with one attached hydrogen (secondary N) is 1. The molecule has 7 heteroatoms. The zero-order valence-electron chi connectivity index (χ0n) is 19.5. The van der Waals surface area contributed by atoms with Gasteiger partial charge in [-0.2, -0.15) is 0 Å². The smallest absolute Gasteiger partial charge is 0.245 e. The van der Waals surface area contributed by atoms with Crippen molar-refractivity contribution in [2.24, 2.45) is 11.7 Å². The summed E-state index contributed by atoms with van der Waals surface area (Å²) in [5, 5.41) is 3.92. The number of carbonyl (C=O) groups is 2. The number of hydrogen-bond donors (Lipinski definition) is 2. The van der Waals surface area contributed by atoms with Crippen LogP contribution in [-0.4, -0.2) is 46.4 Å². The largest absolute Gasteiger partial charge is 0.456 e. The first-order valence-electron chi connectivity index (χ1n) is 11.6. The zero-order chi connectivity index (χ0) is 23.5. The average molecular weight is 449 g/mol. The van der Waals surface area contributed by atoms with E-state index in [0.717, 1.165) is 40.7 Å². The highest BCUT2D eigenvalue weighted by atomic mass is 16.3. The number of carbonyl (C=O) groups excluding carboxylic acids is 2. The van der Waals surface area contributed by atoms with Crippen LogP contribution in [-0.2, 0) is 16.0 Å². The Bertz CT molecular complexity index is 1120. The van der Waals surface area contributed by atoms with Crippen LogP contribution in [0.15, 0.2) is 53.2 Å². The van der Waals surface area contributed by atoms with Crippen LogP contribution < -0.4 is 11.1 Å². The van der Waals surface area contributed by atoms with Crippen LogP contribution in [0.1, 0.15) is 39.2 Å². The van der Waals surface area contributed by atoms with E-state index in [9.17, 15) is 9.59 Å². The Morgan fingerprint density at radius 1 is 1.18 bits per heavy atom. The van der Waals surface area contributed by atoms with E-state index in [-0.39, 0.29) is 23.8 Å². The molecule has 2 aromatic heterocycles. The summed E-state index contributed by atoms with van der Waals surface area (Å²) in [5.74, 6) is 0.436. The summed E-state index contributed by atoms with van der Waals surface area (Å²) in [6.45, 7) is 6.20. The summed E-state index contributed by atoms with van der Waals surface area (Å²) in [5.41, 5.74) is 8.63. The fourth-order valence-electron chi connectivity index (χ4n) is 4.59. The molecule has 1 aliphatic heterocycles. The molecule has 0 aliphatic carbocycles. The van der Waals surface area contributed by atoms with Gasteiger partial charge in [-0.1, -0.05) is 32.0 Å². The van der Waals surface area contributed by atoms with Gasteiger partial charge in [-0.05, 0) is 50.3 Å². The Kier molecular flexibility index (Phi) is 6.79. The molecule has 174 valence electrons. The molecule has 1 aliphatic rings. The number of nitrogens with zero attached hydrogens (tertiary/aromatic N) is 2. The monoisotopic (exact) mass is 448 g/mol. The first-order valence-corrected chi connectivity index (χ1v) is 11.6. The molecule has 0 spiro atoms. The van der Waals surface area contributed by atoms with Crippen molar-refractivity contribution < 1.29 is 14.0 Å². The van der Waals surface area contributed by atoms with Crippen molar-refractivity contribution in [2.75, 3.05) is 6.54 Å². The minimum atomic E-state index is -0.659. The Hall–Kier alpha value is -3.19. The lowest BCUT2D eigenvalue weighted by atomic mass is 9.97. The highest BCUT2D eigenvalue weighted by Crippen LogP contribution is 2.36. The molecule has 1 unspecified atom stereocenters. The van der Waals surface area contributed by atoms with Crippen LogP contribution >= 0.6 is 0 Å². The van der Waals surface area contributed by atoms with Crippen LogP contribution in [0.5, 0.6) is 0 Å². The van der Waals surface area contributed by atoms with Gasteiger partial charge in [0.15, 0.2) is 0 Å². The van der Waals surface area contributed by atoms with Crippen molar-refractivity contribution in [1.82, 2.24) is 15.2 Å². The highest BCUT2D eigenvalue weighted by Gasteiger charge is 2.36.